The lowest BCUT2D eigenvalue weighted by Gasteiger charge is -2.50. The van der Waals surface area contributed by atoms with E-state index in [1.165, 1.54) is 43.1 Å². The topological polar surface area (TPSA) is 24.9 Å². The number of para-hydroxylation sites is 4. The second-order valence-corrected chi connectivity index (χ2v) is 20.4. The van der Waals surface area contributed by atoms with Gasteiger partial charge in [-0.1, -0.05) is 121 Å². The zero-order valence-electron chi connectivity index (χ0n) is 38.2. The average molecular weight is 915 g/mol. The maximum Gasteiger partial charge on any atom is 0.132 e. The Hall–Kier alpha value is -7.64. The molecule has 0 fully saturated rings. The summed E-state index contributed by atoms with van der Waals surface area (Å²) in [4.78, 5) is 7.44. The van der Waals surface area contributed by atoms with Gasteiger partial charge in [-0.25, -0.2) is 0 Å². The molecular weight excluding hydrogens is 869 g/mol. The van der Waals surface area contributed by atoms with Crippen LogP contribution in [0, 0.1) is 27.7 Å². The molecule has 328 valence electrons. The minimum absolute atomic E-state index is 0.795. The molecule has 6 heteroatoms. The minimum atomic E-state index is -0.795. The summed E-state index contributed by atoms with van der Waals surface area (Å²) in [6, 6.07) is 75.6. The van der Waals surface area contributed by atoms with Gasteiger partial charge in [0, 0.05) is 54.8 Å². The number of thiophene rings is 2. The van der Waals surface area contributed by atoms with Gasteiger partial charge >= 0.3 is 0 Å². The number of fused-ring (bicyclic) bond motifs is 14. The fourth-order valence-electron chi connectivity index (χ4n) is 11.3. The smallest absolute Gasteiger partial charge is 0.132 e. The van der Waals surface area contributed by atoms with E-state index in [0.717, 1.165) is 78.0 Å². The molecule has 68 heavy (non-hydrogen) atoms. The second-order valence-electron chi connectivity index (χ2n) is 18.4. The quantitative estimate of drug-likeness (QED) is 0.166. The van der Waals surface area contributed by atoms with Gasteiger partial charge in [0.15, 0.2) is 0 Å². The Morgan fingerprint density at radius 3 is 0.868 bits per heavy atom. The van der Waals surface area contributed by atoms with Crippen molar-refractivity contribution in [2.24, 2.45) is 0 Å². The molecule has 2 aliphatic heterocycles. The van der Waals surface area contributed by atoms with E-state index in [0.29, 0.717) is 0 Å². The van der Waals surface area contributed by atoms with Crippen molar-refractivity contribution in [2.45, 2.75) is 38.5 Å². The standard InChI is InChI=1S/C62H46N2O2S2/c1-39-17-13-21-43(33-39)63(44-22-14-18-40(2)34-44)57-37-51-59(67-57)62(49-27-7-11-31-55(49)66-56-32-12-8-28-50(56)62)52-38-58(64(45-23-15-19-41(3)35-45)46-24-16-20-42(4)36-46)68-60(52)61(51)47-25-5-9-29-53(47)65-54-30-10-6-26-48(54)61/h5-38H,1-4H3. The third-order valence-corrected chi connectivity index (χ3v) is 16.5. The van der Waals surface area contributed by atoms with E-state index in [-0.39, 0.29) is 0 Å². The third kappa shape index (κ3) is 5.90. The third-order valence-electron chi connectivity index (χ3n) is 14.0. The van der Waals surface area contributed by atoms with Gasteiger partial charge in [-0.3, -0.25) is 0 Å². The van der Waals surface area contributed by atoms with Gasteiger partial charge in [-0.2, -0.15) is 0 Å². The number of nitrogens with zero attached hydrogens (tertiary/aromatic N) is 2. The molecule has 0 bridgehead atoms. The predicted octanol–water partition coefficient (Wildman–Crippen LogP) is 17.3. The van der Waals surface area contributed by atoms with Gasteiger partial charge in [0.1, 0.15) is 33.0 Å². The molecular formula is C62H46N2O2S2. The number of hydrogen-bond acceptors (Lipinski definition) is 6. The number of rotatable bonds is 6. The van der Waals surface area contributed by atoms with Gasteiger partial charge in [-0.05, 0) is 146 Å². The highest BCUT2D eigenvalue weighted by Crippen LogP contribution is 2.71. The Morgan fingerprint density at radius 2 is 0.588 bits per heavy atom. The first-order valence-corrected chi connectivity index (χ1v) is 24.9. The van der Waals surface area contributed by atoms with Crippen LogP contribution in [0.15, 0.2) is 206 Å². The van der Waals surface area contributed by atoms with Gasteiger partial charge in [-0.15, -0.1) is 22.7 Å². The monoisotopic (exact) mass is 914 g/mol. The van der Waals surface area contributed by atoms with Crippen LogP contribution in [0.1, 0.15) is 65.4 Å². The molecule has 2 aromatic heterocycles. The van der Waals surface area contributed by atoms with E-state index in [1.807, 2.05) is 22.7 Å². The van der Waals surface area contributed by atoms with Crippen LogP contribution < -0.4 is 19.3 Å². The maximum atomic E-state index is 6.99. The summed E-state index contributed by atoms with van der Waals surface area (Å²) in [5.74, 6) is 3.44. The number of anilines is 6. The number of hydrogen-bond donors (Lipinski definition) is 0. The van der Waals surface area contributed by atoms with E-state index in [1.54, 1.807) is 0 Å². The average Bonchev–Trinajstić information content (AvgIpc) is 4.00. The normalized spacial score (nSPS) is 14.1. The molecule has 0 saturated heterocycles. The molecule has 0 saturated carbocycles. The second kappa shape index (κ2) is 15.5. The summed E-state index contributed by atoms with van der Waals surface area (Å²) < 4.78 is 14.0. The first-order chi connectivity index (χ1) is 33.3. The highest BCUT2D eigenvalue weighted by atomic mass is 32.1. The van der Waals surface area contributed by atoms with E-state index in [4.69, 9.17) is 9.47 Å². The predicted molar refractivity (Wildman–Crippen MR) is 281 cm³/mol. The number of aryl methyl sites for hydroxylation is 4. The van der Waals surface area contributed by atoms with E-state index < -0.39 is 10.8 Å². The van der Waals surface area contributed by atoms with Crippen LogP contribution in [0.5, 0.6) is 23.0 Å². The molecule has 4 nitrogen and oxygen atoms in total. The van der Waals surface area contributed by atoms with Crippen LogP contribution in [0.25, 0.3) is 0 Å². The molecule has 1 aliphatic carbocycles. The lowest BCUT2D eigenvalue weighted by atomic mass is 9.54. The van der Waals surface area contributed by atoms with Crippen molar-refractivity contribution in [3.8, 4) is 23.0 Å². The molecule has 0 amide bonds. The van der Waals surface area contributed by atoms with Crippen molar-refractivity contribution in [1.82, 2.24) is 0 Å². The summed E-state index contributed by atoms with van der Waals surface area (Å²) in [6.07, 6.45) is 0. The van der Waals surface area contributed by atoms with Crippen LogP contribution in [0.3, 0.4) is 0 Å². The fraction of sp³-hybridized carbons (Fsp3) is 0.0968. The van der Waals surface area contributed by atoms with Crippen molar-refractivity contribution in [3.63, 3.8) is 0 Å². The van der Waals surface area contributed by atoms with Crippen molar-refractivity contribution >= 4 is 55.4 Å². The zero-order valence-corrected chi connectivity index (χ0v) is 39.8. The molecule has 13 rings (SSSR count). The van der Waals surface area contributed by atoms with Crippen molar-refractivity contribution in [1.29, 1.82) is 0 Å². The molecule has 8 aromatic carbocycles. The Morgan fingerprint density at radius 1 is 0.309 bits per heavy atom. The lowest BCUT2D eigenvalue weighted by molar-refractivity contribution is 0.418. The van der Waals surface area contributed by atoms with Crippen LogP contribution in [-0.2, 0) is 10.8 Å². The summed E-state index contributed by atoms with van der Waals surface area (Å²) >= 11 is 3.79. The van der Waals surface area contributed by atoms with Crippen LogP contribution >= 0.6 is 22.7 Å². The van der Waals surface area contributed by atoms with Crippen LogP contribution in [0.4, 0.5) is 32.8 Å². The minimum Gasteiger partial charge on any atom is -0.457 e. The van der Waals surface area contributed by atoms with Gasteiger partial charge < -0.3 is 19.3 Å². The Bertz CT molecular complexity index is 3170. The zero-order chi connectivity index (χ0) is 45.7. The maximum absolute atomic E-state index is 6.99. The SMILES string of the molecule is Cc1cccc(N(c2cccc(C)c2)c2cc3c(s2)C2(c4ccccc4Oc4ccccc42)c2cc(N(c4cccc(C)c4)c4cccc(C)c4)sc2C32c3ccccc3Oc3ccccc32)c1. The molecule has 0 N–H and O–H groups in total. The van der Waals surface area contributed by atoms with Crippen molar-refractivity contribution < 1.29 is 9.47 Å². The van der Waals surface area contributed by atoms with Gasteiger partial charge in [0.2, 0.25) is 0 Å². The molecule has 0 atom stereocenters. The lowest BCUT2D eigenvalue weighted by Crippen LogP contribution is -2.45. The molecule has 0 unspecified atom stereocenters. The molecule has 0 radical (unpaired) electrons. The molecule has 4 heterocycles. The van der Waals surface area contributed by atoms with Crippen LogP contribution in [0.2, 0.25) is 0 Å². The molecule has 10 aromatic rings. The van der Waals surface area contributed by atoms with Crippen LogP contribution in [-0.4, -0.2) is 0 Å². The van der Waals surface area contributed by atoms with Gasteiger partial charge in [0.05, 0.1) is 10.8 Å². The fourth-order valence-corrected chi connectivity index (χ4v) is 14.3. The Labute approximate surface area is 405 Å². The summed E-state index contributed by atoms with van der Waals surface area (Å²) in [5.41, 5.74) is 14.6. The highest BCUT2D eigenvalue weighted by Gasteiger charge is 2.61. The Balaban J connectivity index is 1.23. The molecule has 2 spiro atoms. The summed E-state index contributed by atoms with van der Waals surface area (Å²) in [5, 5.41) is 2.26. The largest absolute Gasteiger partial charge is 0.457 e. The number of benzene rings is 8. The van der Waals surface area contributed by atoms with Gasteiger partial charge in [0.25, 0.3) is 0 Å². The first kappa shape index (κ1) is 40.6. The molecule has 3 aliphatic rings. The van der Waals surface area contributed by atoms with E-state index in [2.05, 4.69) is 244 Å². The van der Waals surface area contributed by atoms with E-state index in [9.17, 15) is 0 Å². The van der Waals surface area contributed by atoms with Crippen molar-refractivity contribution in [2.75, 3.05) is 9.80 Å². The Kier molecular flexibility index (Phi) is 9.23. The van der Waals surface area contributed by atoms with Crippen molar-refractivity contribution in [3.05, 3.63) is 272 Å². The first-order valence-electron chi connectivity index (χ1n) is 23.2. The van der Waals surface area contributed by atoms with E-state index >= 15 is 0 Å². The highest BCUT2D eigenvalue weighted by molar-refractivity contribution is 7.18. The number of ether oxygens (including phenoxy) is 2. The summed E-state index contributed by atoms with van der Waals surface area (Å²) in [6.45, 7) is 8.72. The summed E-state index contributed by atoms with van der Waals surface area (Å²) in [7, 11) is 0.